The van der Waals surface area contributed by atoms with E-state index in [9.17, 15) is 33.6 Å². The van der Waals surface area contributed by atoms with Gasteiger partial charge in [-0.25, -0.2) is 0 Å². The van der Waals surface area contributed by atoms with E-state index in [1.165, 1.54) is 182 Å². The highest BCUT2D eigenvalue weighted by atomic mass is 16.4. The third-order valence-electron chi connectivity index (χ3n) is 34.7. The molecular formula is C105H198N18O14. The SMILES string of the molecule is CC(C)(C)N1CCC2(CCN(CC(=O)O)C2)CC1.CC(C)N1CC2(CCN(CC(=O)O)C2)C1.CC(C)N1CC2(CCN(CC(=O)O)CC2)C1.CC(C)N1CC2CN(CC(=O)O)CC2C1.CC(C)N1CCC2(CC1)CN(CC(=O)O)C2.CC(C)N1CCC2(CCN(CC(=O)O)CC2)C1.CC(C)N1CCC2(CN(CC(=O)O)C2)C1.CCN1CC2CC1CN2C(C)(C)C.CCN1CCN(C(C)(C)C)CC1. The lowest BCUT2D eigenvalue weighted by molar-refractivity contribution is -0.144. The van der Waals surface area contributed by atoms with E-state index < -0.39 is 41.8 Å². The van der Waals surface area contributed by atoms with Crippen molar-refractivity contribution in [3.8, 4) is 0 Å². The van der Waals surface area contributed by atoms with Crippen molar-refractivity contribution in [2.75, 3.05) is 281 Å². The molecule has 2 bridgehead atoms. The van der Waals surface area contributed by atoms with Crippen LogP contribution < -0.4 is 0 Å². The summed E-state index contributed by atoms with van der Waals surface area (Å²) in [4.78, 5) is 117. The van der Waals surface area contributed by atoms with Crippen LogP contribution in [0.2, 0.25) is 0 Å². The van der Waals surface area contributed by atoms with E-state index in [0.717, 1.165) is 150 Å². The molecule has 0 aromatic heterocycles. The highest BCUT2D eigenvalue weighted by molar-refractivity contribution is 5.71. The van der Waals surface area contributed by atoms with Crippen molar-refractivity contribution in [1.82, 2.24) is 88.2 Å². The number of aliphatic carboxylic acids is 7. The third-order valence-corrected chi connectivity index (χ3v) is 34.7. The van der Waals surface area contributed by atoms with Crippen LogP contribution in [0.5, 0.6) is 0 Å². The maximum absolute atomic E-state index is 10.8. The van der Waals surface area contributed by atoms with E-state index in [4.69, 9.17) is 35.7 Å². The van der Waals surface area contributed by atoms with Gasteiger partial charge in [-0.1, -0.05) is 13.8 Å². The highest BCUT2D eigenvalue weighted by Crippen LogP contribution is 2.47. The van der Waals surface area contributed by atoms with Crippen LogP contribution in [0.15, 0.2) is 0 Å². The Balaban J connectivity index is 0.000000173. The Bertz CT molecular complexity index is 3680. The molecular weight excluding hydrogens is 1740 g/mol. The average molecular weight is 1940 g/mol. The van der Waals surface area contributed by atoms with Gasteiger partial charge in [-0.2, -0.15) is 0 Å². The van der Waals surface area contributed by atoms with Crippen molar-refractivity contribution in [1.29, 1.82) is 0 Å². The molecule has 4 atom stereocenters. The van der Waals surface area contributed by atoms with E-state index in [-0.39, 0.29) is 51.4 Å². The molecule has 6 spiro atoms. The second-order valence-corrected chi connectivity index (χ2v) is 50.2. The van der Waals surface area contributed by atoms with E-state index in [0.29, 0.717) is 91.7 Å². The maximum atomic E-state index is 10.8. The Kier molecular flexibility index (Phi) is 42.9. The van der Waals surface area contributed by atoms with Crippen molar-refractivity contribution < 1.29 is 69.3 Å². The van der Waals surface area contributed by atoms with Gasteiger partial charge in [0.05, 0.1) is 45.8 Å². The largest absolute Gasteiger partial charge is 0.480 e. The van der Waals surface area contributed by atoms with Gasteiger partial charge in [0.25, 0.3) is 0 Å². The van der Waals surface area contributed by atoms with Crippen LogP contribution >= 0.6 is 0 Å². The smallest absolute Gasteiger partial charge is 0.317 e. The van der Waals surface area contributed by atoms with E-state index in [1.807, 2.05) is 9.80 Å². The zero-order chi connectivity index (χ0) is 101. The standard InChI is InChI=1S/C14H26N2O2.C13H24N2O2.2C12H22N2O2.3C11H20N2O2.C11H22N2.C10H22N2/c1-13(2,3)16-8-5-14(6-9-16)4-7-15(11-14)10-12(17)18;1-11(2)15-8-5-13(10-15)3-6-14(7-4-13)9-12(16)17;1-10(2)14-5-3-12(4-6-14)8-13(9-12)7-11(15)16;1-10(2)14-8-12(9-14)3-5-13(6-4-12)7-11(15)16;1-8(2)13-5-9-3-12(7-11(14)15)4-10(9)6-13;1-9(2)13-4-3-11(8-13)6-12(7-11)5-10(14)15;1-9(2)13-7-11(8-13)3-4-12(6-11)5-10(14)15;1-5-12-7-10-6-9(12)8-13(10)11(2,3)4;1-5-11-6-8-12(9-7-11)10(2,3)4/h4-11H2,1-3H3,(H,17,18);11H,3-10H2,1-2H3,(H,16,17);2*10H,3-9H2,1-2H3,(H,15,16);8-10H,3-7H2,1-2H3,(H,14,15);2*9H,3-8H2,1-2H3,(H,14,15);9-10H,5-8H2,1-4H3;5-9H2,1-4H3. The first kappa shape index (κ1) is 116. The molecule has 0 aromatic rings. The molecule has 4 unspecified atom stereocenters. The fourth-order valence-electron chi connectivity index (χ4n) is 25.7. The summed E-state index contributed by atoms with van der Waals surface area (Å²) in [6.45, 7) is 93.7. The molecule has 17 heterocycles. The van der Waals surface area contributed by atoms with Gasteiger partial charge >= 0.3 is 41.8 Å². The molecule has 7 N–H and O–H groups in total. The van der Waals surface area contributed by atoms with Gasteiger partial charge in [0.1, 0.15) is 0 Å². The van der Waals surface area contributed by atoms with Gasteiger partial charge < -0.3 is 60.2 Å². The molecule has 32 heteroatoms. The molecule has 17 aliphatic rings. The molecule has 17 fully saturated rings. The summed E-state index contributed by atoms with van der Waals surface area (Å²) in [6, 6.07) is 5.52. The Labute approximate surface area is 828 Å². The van der Waals surface area contributed by atoms with Gasteiger partial charge in [0.15, 0.2) is 0 Å². The topological polar surface area (TPSA) is 319 Å². The Morgan fingerprint density at radius 1 is 0.248 bits per heavy atom. The van der Waals surface area contributed by atoms with E-state index in [2.05, 4.69) is 238 Å². The molecule has 17 aliphatic heterocycles. The molecule has 792 valence electrons. The number of likely N-dealkylation sites (N-methyl/N-ethyl adjacent to an activating group) is 2. The van der Waals surface area contributed by atoms with Crippen molar-refractivity contribution in [3.63, 3.8) is 0 Å². The number of rotatable bonds is 22. The summed E-state index contributed by atoms with van der Waals surface area (Å²) >= 11 is 0. The molecule has 32 nitrogen and oxygen atoms in total. The molecule has 137 heavy (non-hydrogen) atoms. The van der Waals surface area contributed by atoms with Crippen molar-refractivity contribution in [2.45, 2.75) is 308 Å². The lowest BCUT2D eigenvalue weighted by Gasteiger charge is -2.55. The summed E-state index contributed by atoms with van der Waals surface area (Å²) in [6.07, 6.45) is 15.9. The van der Waals surface area contributed by atoms with Gasteiger partial charge in [-0.05, 0) is 354 Å². The number of hydrogen-bond acceptors (Lipinski definition) is 25. The zero-order valence-corrected chi connectivity index (χ0v) is 90.4. The maximum Gasteiger partial charge on any atom is 0.317 e. The fourth-order valence-corrected chi connectivity index (χ4v) is 25.7. The van der Waals surface area contributed by atoms with Crippen LogP contribution in [-0.2, 0) is 33.6 Å². The predicted molar refractivity (Wildman–Crippen MR) is 546 cm³/mol. The zero-order valence-electron chi connectivity index (χ0n) is 90.4. The van der Waals surface area contributed by atoms with Gasteiger partial charge in [-0.15, -0.1) is 0 Å². The minimum Gasteiger partial charge on any atom is -0.480 e. The fraction of sp³-hybridized carbons (Fsp3) is 0.933. The number of piperazine rings is 2. The van der Waals surface area contributed by atoms with Crippen LogP contribution in [-0.4, -0.2) is 512 Å². The summed E-state index contributed by atoms with van der Waals surface area (Å²) in [5, 5.41) is 61.2. The van der Waals surface area contributed by atoms with Gasteiger partial charge in [0, 0.05) is 220 Å². The van der Waals surface area contributed by atoms with Gasteiger partial charge in [0.2, 0.25) is 0 Å². The first-order valence-electron chi connectivity index (χ1n) is 53.7. The highest BCUT2D eigenvalue weighted by Gasteiger charge is 2.53. The summed E-state index contributed by atoms with van der Waals surface area (Å²) in [7, 11) is 0. The van der Waals surface area contributed by atoms with Gasteiger partial charge in [-0.3, -0.25) is 97.3 Å². The van der Waals surface area contributed by atoms with E-state index >= 15 is 0 Å². The first-order valence-corrected chi connectivity index (χ1v) is 53.7. The van der Waals surface area contributed by atoms with Crippen LogP contribution in [0, 0.1) is 44.3 Å². The van der Waals surface area contributed by atoms with Crippen LogP contribution in [0.25, 0.3) is 0 Å². The number of piperidine rings is 4. The van der Waals surface area contributed by atoms with Crippen LogP contribution in [0.3, 0.4) is 0 Å². The molecule has 0 amide bonds. The number of fused-ring (bicyclic) bond motifs is 3. The number of carboxylic acid groups (broad SMARTS) is 7. The molecule has 0 radical (unpaired) electrons. The number of hydrogen-bond donors (Lipinski definition) is 7. The normalized spacial score (nSPS) is 27.3. The van der Waals surface area contributed by atoms with Crippen LogP contribution in [0.4, 0.5) is 0 Å². The van der Waals surface area contributed by atoms with Crippen LogP contribution in [0.1, 0.15) is 243 Å². The molecule has 17 rings (SSSR count). The number of carboxylic acids is 7. The predicted octanol–water partition coefficient (Wildman–Crippen LogP) is 8.98. The minimum atomic E-state index is -0.705. The molecule has 0 aliphatic carbocycles. The first-order chi connectivity index (χ1) is 64.0. The number of nitrogens with zero attached hydrogens (tertiary/aromatic N) is 18. The molecule has 0 aromatic carbocycles. The second-order valence-electron chi connectivity index (χ2n) is 50.2. The summed E-state index contributed by atoms with van der Waals surface area (Å²) < 4.78 is 0. The Morgan fingerprint density at radius 3 is 0.891 bits per heavy atom. The Morgan fingerprint density at radius 2 is 0.526 bits per heavy atom. The van der Waals surface area contributed by atoms with E-state index in [1.54, 1.807) is 0 Å². The number of carbonyl (C=O) groups is 7. The Hall–Kier alpha value is -4.43. The summed E-state index contributed by atoms with van der Waals surface area (Å²) in [5.41, 5.74) is 3.68. The quantitative estimate of drug-likeness (QED) is 0.0531. The number of likely N-dealkylation sites (tertiary alicyclic amines) is 16. The average Bonchev–Trinajstić information content (AvgIpc) is 1.69. The lowest BCUT2D eigenvalue weighted by Crippen LogP contribution is -2.62. The van der Waals surface area contributed by atoms with Crippen molar-refractivity contribution >= 4 is 41.8 Å². The van der Waals surface area contributed by atoms with Crippen molar-refractivity contribution in [3.05, 3.63) is 0 Å². The monoisotopic (exact) mass is 1940 g/mol. The van der Waals surface area contributed by atoms with Crippen molar-refractivity contribution in [2.24, 2.45) is 44.3 Å². The molecule has 0 saturated carbocycles. The molecule has 17 saturated heterocycles. The second kappa shape index (κ2) is 50.6. The lowest BCUT2D eigenvalue weighted by atomic mass is 9.71. The third kappa shape index (κ3) is 34.9. The summed E-state index contributed by atoms with van der Waals surface area (Å²) in [5.74, 6) is -3.50. The minimum absolute atomic E-state index is 0.212.